The van der Waals surface area contributed by atoms with E-state index in [1.165, 1.54) is 6.26 Å². The lowest BCUT2D eigenvalue weighted by atomic mass is 10.1. The Hall–Kier alpha value is -3.23. The molecule has 1 aliphatic heterocycles. The highest BCUT2D eigenvalue weighted by molar-refractivity contribution is 7.80. The topological polar surface area (TPSA) is 87.9 Å². The summed E-state index contributed by atoms with van der Waals surface area (Å²) in [6.45, 7) is 10.2. The number of amides is 1. The van der Waals surface area contributed by atoms with Crippen molar-refractivity contribution in [2.45, 2.75) is 51.2 Å². The SMILES string of the molecule is CNCc1cc(C(=O)NCc2ccc(C3=NCC(C)(C)N3)cc2)co1.COc1cc(C)c(S)c(C)c1. The number of carbonyl (C=O) groups excluding carboxylic acids is 1. The van der Waals surface area contributed by atoms with Gasteiger partial charge in [-0.25, -0.2) is 0 Å². The molecule has 192 valence electrons. The first-order valence-corrected chi connectivity index (χ1v) is 12.3. The molecule has 1 amide bonds. The fourth-order valence-electron chi connectivity index (χ4n) is 3.71. The average Bonchev–Trinajstić information content (AvgIpc) is 3.48. The zero-order chi connectivity index (χ0) is 26.3. The second-order valence-electron chi connectivity index (χ2n) is 9.50. The second kappa shape index (κ2) is 12.1. The number of hydrogen-bond donors (Lipinski definition) is 4. The van der Waals surface area contributed by atoms with Gasteiger partial charge in [0.05, 0.1) is 31.3 Å². The molecule has 0 atom stereocenters. The number of aryl methyl sites for hydroxylation is 2. The molecule has 36 heavy (non-hydrogen) atoms. The van der Waals surface area contributed by atoms with Gasteiger partial charge in [0.15, 0.2) is 0 Å². The number of methoxy groups -OCH3 is 1. The van der Waals surface area contributed by atoms with Crippen molar-refractivity contribution >= 4 is 24.4 Å². The van der Waals surface area contributed by atoms with Crippen LogP contribution < -0.4 is 20.7 Å². The van der Waals surface area contributed by atoms with Crippen LogP contribution in [0.4, 0.5) is 0 Å². The van der Waals surface area contributed by atoms with E-state index in [0.717, 1.165) is 51.0 Å². The molecule has 2 heterocycles. The summed E-state index contributed by atoms with van der Waals surface area (Å²) in [7, 11) is 3.51. The van der Waals surface area contributed by atoms with Gasteiger partial charge in [-0.3, -0.25) is 9.79 Å². The van der Waals surface area contributed by atoms with Crippen LogP contribution in [0.2, 0.25) is 0 Å². The third kappa shape index (κ3) is 7.38. The Labute approximate surface area is 219 Å². The molecule has 0 spiro atoms. The van der Waals surface area contributed by atoms with E-state index in [1.54, 1.807) is 13.2 Å². The zero-order valence-electron chi connectivity index (χ0n) is 21.9. The lowest BCUT2D eigenvalue weighted by Gasteiger charge is -2.18. The van der Waals surface area contributed by atoms with E-state index >= 15 is 0 Å². The van der Waals surface area contributed by atoms with Gasteiger partial charge in [-0.15, -0.1) is 12.6 Å². The van der Waals surface area contributed by atoms with E-state index in [2.05, 4.69) is 47.4 Å². The predicted octanol–water partition coefficient (Wildman–Crippen LogP) is 4.66. The minimum atomic E-state index is -0.140. The van der Waals surface area contributed by atoms with Crippen molar-refractivity contribution in [1.29, 1.82) is 0 Å². The molecule has 0 radical (unpaired) electrons. The lowest BCUT2D eigenvalue weighted by Crippen LogP contribution is -2.39. The number of carbonyl (C=O) groups is 1. The van der Waals surface area contributed by atoms with Gasteiger partial charge < -0.3 is 25.1 Å². The monoisotopic (exact) mass is 508 g/mol. The molecule has 3 aromatic rings. The Morgan fingerprint density at radius 1 is 1.14 bits per heavy atom. The van der Waals surface area contributed by atoms with E-state index in [0.29, 0.717) is 18.7 Å². The molecule has 7 nitrogen and oxygen atoms in total. The van der Waals surface area contributed by atoms with Crippen molar-refractivity contribution < 1.29 is 13.9 Å². The molecule has 0 saturated carbocycles. The zero-order valence-corrected chi connectivity index (χ0v) is 22.8. The van der Waals surface area contributed by atoms with Crippen LogP contribution in [-0.2, 0) is 13.1 Å². The molecule has 4 rings (SSSR count). The minimum Gasteiger partial charge on any atom is -0.497 e. The molecule has 0 bridgehead atoms. The second-order valence-corrected chi connectivity index (χ2v) is 9.94. The van der Waals surface area contributed by atoms with Gasteiger partial charge in [0.25, 0.3) is 5.91 Å². The Kier molecular flexibility index (Phi) is 9.23. The largest absolute Gasteiger partial charge is 0.497 e. The number of ether oxygens (including phenoxy) is 1. The van der Waals surface area contributed by atoms with Gasteiger partial charge in [0.2, 0.25) is 0 Å². The van der Waals surface area contributed by atoms with Crippen LogP contribution in [0.1, 0.15) is 52.2 Å². The number of nitrogens with one attached hydrogen (secondary N) is 3. The maximum Gasteiger partial charge on any atom is 0.254 e. The summed E-state index contributed by atoms with van der Waals surface area (Å²) in [6, 6.07) is 13.8. The maximum atomic E-state index is 12.2. The van der Waals surface area contributed by atoms with Crippen molar-refractivity contribution in [3.63, 3.8) is 0 Å². The van der Waals surface area contributed by atoms with Crippen molar-refractivity contribution in [2.24, 2.45) is 4.99 Å². The van der Waals surface area contributed by atoms with Gasteiger partial charge in [0.1, 0.15) is 23.6 Å². The van der Waals surface area contributed by atoms with Crippen LogP contribution in [0.15, 0.2) is 63.0 Å². The molecule has 8 heteroatoms. The molecule has 0 fully saturated rings. The maximum absolute atomic E-state index is 12.2. The summed E-state index contributed by atoms with van der Waals surface area (Å²) in [6.07, 6.45) is 1.48. The van der Waals surface area contributed by atoms with Crippen LogP contribution in [-0.4, -0.2) is 38.0 Å². The Morgan fingerprint density at radius 2 is 1.81 bits per heavy atom. The smallest absolute Gasteiger partial charge is 0.254 e. The van der Waals surface area contributed by atoms with Crippen molar-refractivity contribution in [2.75, 3.05) is 20.7 Å². The lowest BCUT2D eigenvalue weighted by molar-refractivity contribution is 0.0950. The first kappa shape index (κ1) is 27.4. The predicted molar refractivity (Wildman–Crippen MR) is 147 cm³/mol. The minimum absolute atomic E-state index is 0.0126. The molecule has 0 saturated heterocycles. The molecular weight excluding hydrogens is 472 g/mol. The van der Waals surface area contributed by atoms with Crippen LogP contribution in [0.25, 0.3) is 0 Å². The molecule has 3 N–H and O–H groups in total. The van der Waals surface area contributed by atoms with Crippen LogP contribution in [0, 0.1) is 13.8 Å². The number of aliphatic imine (C=N–C) groups is 1. The fourth-order valence-corrected chi connectivity index (χ4v) is 3.83. The Bertz CT molecular complexity index is 1190. The molecular formula is C28H36N4O3S. The molecule has 1 aromatic heterocycles. The number of rotatable bonds is 7. The summed E-state index contributed by atoms with van der Waals surface area (Å²) < 4.78 is 10.4. The third-order valence-electron chi connectivity index (χ3n) is 5.74. The van der Waals surface area contributed by atoms with Crippen molar-refractivity contribution in [3.05, 3.63) is 82.3 Å². The Morgan fingerprint density at radius 3 is 2.36 bits per heavy atom. The van der Waals surface area contributed by atoms with Crippen LogP contribution in [0.5, 0.6) is 5.75 Å². The highest BCUT2D eigenvalue weighted by atomic mass is 32.1. The molecule has 0 unspecified atom stereocenters. The van der Waals surface area contributed by atoms with Crippen molar-refractivity contribution in [1.82, 2.24) is 16.0 Å². The van der Waals surface area contributed by atoms with Crippen LogP contribution >= 0.6 is 12.6 Å². The average molecular weight is 509 g/mol. The third-order valence-corrected chi connectivity index (χ3v) is 6.44. The van der Waals surface area contributed by atoms with E-state index < -0.39 is 0 Å². The quantitative estimate of drug-likeness (QED) is 0.349. The first-order valence-electron chi connectivity index (χ1n) is 11.9. The standard InChI is InChI=1S/C19H24N4O2.C9H12OS/c1-19(2)12-22-17(23-19)14-6-4-13(5-7-14)9-21-18(24)15-8-16(10-20-3)25-11-15;1-6-4-8(10-3)5-7(2)9(6)11/h4-8,11,20H,9-10,12H2,1-3H3,(H,21,24)(H,22,23);4-5,11H,1-3H3. The summed E-state index contributed by atoms with van der Waals surface area (Å²) in [5, 5.41) is 9.31. The summed E-state index contributed by atoms with van der Waals surface area (Å²) in [4.78, 5) is 17.7. The van der Waals surface area contributed by atoms with Gasteiger partial charge in [-0.05, 0) is 69.6 Å². The number of amidine groups is 1. The highest BCUT2D eigenvalue weighted by Gasteiger charge is 2.25. The van der Waals surface area contributed by atoms with E-state index in [4.69, 9.17) is 9.15 Å². The number of hydrogen-bond acceptors (Lipinski definition) is 7. The van der Waals surface area contributed by atoms with E-state index in [9.17, 15) is 4.79 Å². The van der Waals surface area contributed by atoms with Gasteiger partial charge >= 0.3 is 0 Å². The van der Waals surface area contributed by atoms with E-state index in [-0.39, 0.29) is 11.4 Å². The number of thiol groups is 1. The number of furan rings is 1. The first-order chi connectivity index (χ1) is 17.1. The summed E-state index contributed by atoms with van der Waals surface area (Å²) in [5.41, 5.74) is 4.96. The van der Waals surface area contributed by atoms with E-state index in [1.807, 2.05) is 57.3 Å². The van der Waals surface area contributed by atoms with Crippen LogP contribution in [0.3, 0.4) is 0 Å². The fraction of sp³-hybridized carbons (Fsp3) is 0.357. The molecule has 2 aromatic carbocycles. The normalized spacial score (nSPS) is 13.8. The Balaban J connectivity index is 0.000000275. The highest BCUT2D eigenvalue weighted by Crippen LogP contribution is 2.24. The molecule has 1 aliphatic rings. The van der Waals surface area contributed by atoms with Gasteiger partial charge in [-0.1, -0.05) is 24.3 Å². The molecule has 0 aliphatic carbocycles. The van der Waals surface area contributed by atoms with Gasteiger partial charge in [-0.2, -0.15) is 0 Å². The number of nitrogens with zero attached hydrogens (tertiary/aromatic N) is 1. The summed E-state index contributed by atoms with van der Waals surface area (Å²) >= 11 is 4.34. The van der Waals surface area contributed by atoms with Gasteiger partial charge in [0, 0.05) is 17.0 Å². The number of benzene rings is 2. The summed E-state index contributed by atoms with van der Waals surface area (Å²) in [5.74, 6) is 2.43. The van der Waals surface area contributed by atoms with Crippen molar-refractivity contribution in [3.8, 4) is 5.75 Å².